The third-order valence-electron chi connectivity index (χ3n) is 2.86. The van der Waals surface area contributed by atoms with Gasteiger partial charge in [0, 0.05) is 12.5 Å². The third kappa shape index (κ3) is 9.97. The molecule has 0 amide bonds. The van der Waals surface area contributed by atoms with Crippen LogP contribution < -0.4 is 5.73 Å². The molecule has 0 rings (SSSR count). The van der Waals surface area contributed by atoms with Crippen molar-refractivity contribution in [2.24, 2.45) is 5.73 Å². The molecular weight excluding hydrogens is 202 g/mol. The molecule has 3 heteroatoms. The molecule has 0 heterocycles. The van der Waals surface area contributed by atoms with Gasteiger partial charge in [-0.25, -0.2) is 0 Å². The quantitative estimate of drug-likeness (QED) is 0.463. The van der Waals surface area contributed by atoms with Gasteiger partial charge in [0.1, 0.15) is 0 Å². The molecule has 0 saturated carbocycles. The lowest BCUT2D eigenvalue weighted by Gasteiger charge is -2.10. The fourth-order valence-corrected chi connectivity index (χ4v) is 1.76. The lowest BCUT2D eigenvalue weighted by molar-refractivity contribution is -0.140. The summed E-state index contributed by atoms with van der Waals surface area (Å²) in [6.45, 7) is 2.22. The van der Waals surface area contributed by atoms with Crippen molar-refractivity contribution in [2.45, 2.75) is 70.8 Å². The van der Waals surface area contributed by atoms with Gasteiger partial charge < -0.3 is 10.5 Å². The number of esters is 1. The highest BCUT2D eigenvalue weighted by Crippen LogP contribution is 2.10. The smallest absolute Gasteiger partial charge is 0.305 e. The van der Waals surface area contributed by atoms with E-state index in [1.165, 1.54) is 32.8 Å². The largest absolute Gasteiger partial charge is 0.469 e. The predicted molar refractivity (Wildman–Crippen MR) is 67.2 cm³/mol. The summed E-state index contributed by atoms with van der Waals surface area (Å²) in [6.07, 6.45) is 9.74. The second-order valence-corrected chi connectivity index (χ2v) is 4.43. The van der Waals surface area contributed by atoms with Crippen LogP contribution in [0.5, 0.6) is 0 Å². The maximum Gasteiger partial charge on any atom is 0.305 e. The van der Waals surface area contributed by atoms with Crippen LogP contribution in [0.15, 0.2) is 0 Å². The van der Waals surface area contributed by atoms with Gasteiger partial charge in [-0.2, -0.15) is 0 Å². The first-order valence-corrected chi connectivity index (χ1v) is 6.53. The minimum atomic E-state index is -0.114. The average Bonchev–Trinajstić information content (AvgIpc) is 2.30. The number of methoxy groups -OCH3 is 1. The fraction of sp³-hybridized carbons (Fsp3) is 0.923. The topological polar surface area (TPSA) is 52.3 Å². The first-order valence-electron chi connectivity index (χ1n) is 6.53. The zero-order valence-corrected chi connectivity index (χ0v) is 10.8. The van der Waals surface area contributed by atoms with Gasteiger partial charge in [0.15, 0.2) is 0 Å². The highest BCUT2D eigenvalue weighted by molar-refractivity contribution is 5.68. The molecular formula is C13H27NO2. The van der Waals surface area contributed by atoms with Crippen LogP contribution in [0.2, 0.25) is 0 Å². The SMILES string of the molecule is CCCCCCC(N)CCCCC(=O)OC. The summed E-state index contributed by atoms with van der Waals surface area (Å²) in [5, 5.41) is 0. The Morgan fingerprint density at radius 2 is 1.75 bits per heavy atom. The fourth-order valence-electron chi connectivity index (χ4n) is 1.76. The molecule has 0 saturated heterocycles. The molecule has 0 aromatic carbocycles. The molecule has 0 aliphatic heterocycles. The Bertz CT molecular complexity index is 171. The standard InChI is InChI=1S/C13H27NO2/c1-3-4-5-6-9-12(14)10-7-8-11-13(15)16-2/h12H,3-11,14H2,1-2H3. The van der Waals surface area contributed by atoms with Crippen molar-refractivity contribution in [2.75, 3.05) is 7.11 Å². The van der Waals surface area contributed by atoms with E-state index in [1.54, 1.807) is 0 Å². The lowest BCUT2D eigenvalue weighted by Crippen LogP contribution is -2.19. The van der Waals surface area contributed by atoms with Crippen molar-refractivity contribution >= 4 is 5.97 Å². The van der Waals surface area contributed by atoms with Crippen LogP contribution in [0.1, 0.15) is 64.7 Å². The van der Waals surface area contributed by atoms with Crippen LogP contribution in [0.3, 0.4) is 0 Å². The molecule has 0 spiro atoms. The zero-order valence-electron chi connectivity index (χ0n) is 10.8. The summed E-state index contributed by atoms with van der Waals surface area (Å²) in [4.78, 5) is 10.8. The van der Waals surface area contributed by atoms with Crippen LogP contribution in [0.25, 0.3) is 0 Å². The van der Waals surface area contributed by atoms with Crippen molar-refractivity contribution in [3.8, 4) is 0 Å². The third-order valence-corrected chi connectivity index (χ3v) is 2.86. The van der Waals surface area contributed by atoms with Crippen LogP contribution in [-0.4, -0.2) is 19.1 Å². The molecule has 96 valence electrons. The number of nitrogens with two attached hydrogens (primary N) is 1. The number of carbonyl (C=O) groups is 1. The summed E-state index contributed by atoms with van der Waals surface area (Å²) in [5.41, 5.74) is 5.99. The Morgan fingerprint density at radius 3 is 2.31 bits per heavy atom. The molecule has 0 aliphatic carbocycles. The second-order valence-electron chi connectivity index (χ2n) is 4.43. The number of hydrogen-bond acceptors (Lipinski definition) is 3. The van der Waals surface area contributed by atoms with E-state index < -0.39 is 0 Å². The maximum atomic E-state index is 10.8. The molecule has 3 nitrogen and oxygen atoms in total. The summed E-state index contributed by atoms with van der Waals surface area (Å²) >= 11 is 0. The van der Waals surface area contributed by atoms with Crippen molar-refractivity contribution in [3.63, 3.8) is 0 Å². The summed E-state index contributed by atoms with van der Waals surface area (Å²) in [6, 6.07) is 0.314. The molecule has 0 fully saturated rings. The number of ether oxygens (including phenoxy) is 1. The monoisotopic (exact) mass is 229 g/mol. The van der Waals surface area contributed by atoms with Gasteiger partial charge in [-0.3, -0.25) is 4.79 Å². The van der Waals surface area contributed by atoms with Gasteiger partial charge in [0.2, 0.25) is 0 Å². The minimum Gasteiger partial charge on any atom is -0.469 e. The molecule has 2 N–H and O–H groups in total. The van der Waals surface area contributed by atoms with E-state index in [0.29, 0.717) is 12.5 Å². The van der Waals surface area contributed by atoms with Gasteiger partial charge in [0.05, 0.1) is 7.11 Å². The predicted octanol–water partition coefficient (Wildman–Crippen LogP) is 3.02. The van der Waals surface area contributed by atoms with Crippen molar-refractivity contribution in [1.29, 1.82) is 0 Å². The van der Waals surface area contributed by atoms with E-state index in [9.17, 15) is 4.79 Å². The Morgan fingerprint density at radius 1 is 1.12 bits per heavy atom. The minimum absolute atomic E-state index is 0.114. The van der Waals surface area contributed by atoms with Crippen LogP contribution in [0.4, 0.5) is 0 Å². The molecule has 0 aromatic rings. The zero-order chi connectivity index (χ0) is 12.2. The number of carbonyl (C=O) groups excluding carboxylic acids is 1. The molecule has 0 aliphatic rings. The lowest BCUT2D eigenvalue weighted by atomic mass is 10.0. The summed E-state index contributed by atoms with van der Waals surface area (Å²) in [5.74, 6) is -0.114. The van der Waals surface area contributed by atoms with Crippen LogP contribution >= 0.6 is 0 Å². The van der Waals surface area contributed by atoms with E-state index >= 15 is 0 Å². The highest BCUT2D eigenvalue weighted by atomic mass is 16.5. The normalized spacial score (nSPS) is 12.4. The van der Waals surface area contributed by atoms with Crippen LogP contribution in [-0.2, 0) is 9.53 Å². The van der Waals surface area contributed by atoms with Gasteiger partial charge in [-0.1, -0.05) is 39.0 Å². The van der Waals surface area contributed by atoms with Gasteiger partial charge in [0.25, 0.3) is 0 Å². The number of unbranched alkanes of at least 4 members (excludes halogenated alkanes) is 4. The van der Waals surface area contributed by atoms with Gasteiger partial charge in [-0.15, -0.1) is 0 Å². The summed E-state index contributed by atoms with van der Waals surface area (Å²) < 4.78 is 4.58. The Balaban J connectivity index is 3.23. The van der Waals surface area contributed by atoms with E-state index in [0.717, 1.165) is 25.7 Å². The average molecular weight is 229 g/mol. The Hall–Kier alpha value is -0.570. The molecule has 0 aromatic heterocycles. The van der Waals surface area contributed by atoms with E-state index in [2.05, 4.69) is 11.7 Å². The highest BCUT2D eigenvalue weighted by Gasteiger charge is 2.04. The van der Waals surface area contributed by atoms with E-state index in [1.807, 2.05) is 0 Å². The first-order chi connectivity index (χ1) is 7.70. The summed E-state index contributed by atoms with van der Waals surface area (Å²) in [7, 11) is 1.43. The van der Waals surface area contributed by atoms with Crippen molar-refractivity contribution < 1.29 is 9.53 Å². The molecule has 1 unspecified atom stereocenters. The number of hydrogen-bond donors (Lipinski definition) is 1. The van der Waals surface area contributed by atoms with Crippen LogP contribution in [0, 0.1) is 0 Å². The van der Waals surface area contributed by atoms with Gasteiger partial charge in [-0.05, 0) is 19.3 Å². The second kappa shape index (κ2) is 10.9. The van der Waals surface area contributed by atoms with Gasteiger partial charge >= 0.3 is 5.97 Å². The number of rotatable bonds is 10. The molecule has 0 radical (unpaired) electrons. The van der Waals surface area contributed by atoms with E-state index in [4.69, 9.17) is 5.73 Å². The Kier molecular flexibility index (Phi) is 10.5. The Labute approximate surface area is 99.7 Å². The van der Waals surface area contributed by atoms with Crippen molar-refractivity contribution in [1.82, 2.24) is 0 Å². The molecule has 1 atom stereocenters. The van der Waals surface area contributed by atoms with E-state index in [-0.39, 0.29) is 5.97 Å². The first kappa shape index (κ1) is 15.4. The maximum absolute atomic E-state index is 10.8. The molecule has 0 bridgehead atoms. The van der Waals surface area contributed by atoms with Crippen molar-refractivity contribution in [3.05, 3.63) is 0 Å². The molecule has 16 heavy (non-hydrogen) atoms.